The highest BCUT2D eigenvalue weighted by atomic mass is 32.1. The summed E-state index contributed by atoms with van der Waals surface area (Å²) in [7, 11) is 5.52. The van der Waals surface area contributed by atoms with E-state index < -0.39 is 30.4 Å². The molecule has 0 aliphatic rings. The van der Waals surface area contributed by atoms with Crippen LogP contribution in [0.4, 0.5) is 0 Å². The number of aliphatic carboxylic acids is 1. The predicted octanol–water partition coefficient (Wildman–Crippen LogP) is 2.26. The number of imidazole rings is 1. The zero-order chi connectivity index (χ0) is 39.5. The average molecular weight is 727 g/mol. The van der Waals surface area contributed by atoms with Crippen molar-refractivity contribution in [1.82, 2.24) is 30.4 Å². The van der Waals surface area contributed by atoms with Crippen LogP contribution in [0.25, 0.3) is 0 Å². The largest absolute Gasteiger partial charge is 0.480 e. The summed E-state index contributed by atoms with van der Waals surface area (Å²) >= 11 is 5.04. The molecule has 1 aromatic carbocycles. The molecule has 1 aromatic heterocycles. The Morgan fingerprint density at radius 3 is 1.84 bits per heavy atom. The molecule has 3 amide bonds. The number of carbonyl (C=O) groups is 4. The van der Waals surface area contributed by atoms with Crippen LogP contribution in [0.5, 0.6) is 0 Å². The van der Waals surface area contributed by atoms with E-state index in [0.29, 0.717) is 25.8 Å². The van der Waals surface area contributed by atoms with Crippen LogP contribution in [0, 0.1) is 18.6 Å². The van der Waals surface area contributed by atoms with Crippen LogP contribution in [0.2, 0.25) is 0 Å². The number of nitrogens with zero attached hydrogens (tertiary/aromatic N) is 3. The second kappa shape index (κ2) is 36.0. The smallest absolute Gasteiger partial charge is 0.322 e. The molecule has 11 N–H and O–H groups in total. The lowest BCUT2D eigenvalue weighted by molar-refractivity contribution is -0.138. The van der Waals surface area contributed by atoms with Gasteiger partial charge >= 0.3 is 5.97 Å². The molecule has 1 atom stereocenters. The van der Waals surface area contributed by atoms with Gasteiger partial charge in [-0.05, 0) is 65.3 Å². The first-order valence-corrected chi connectivity index (χ1v) is 17.3. The van der Waals surface area contributed by atoms with Gasteiger partial charge in [-0.1, -0.05) is 70.5 Å². The highest BCUT2D eigenvalue weighted by Gasteiger charge is 2.21. The summed E-state index contributed by atoms with van der Waals surface area (Å²) in [5.41, 5.74) is 17.9. The van der Waals surface area contributed by atoms with Crippen molar-refractivity contribution in [2.45, 2.75) is 80.2 Å². The Balaban J connectivity index is -0.000000317. The van der Waals surface area contributed by atoms with Gasteiger partial charge in [-0.25, -0.2) is 0 Å². The topological polar surface area (TPSA) is 237 Å². The molecule has 0 bridgehead atoms. The summed E-state index contributed by atoms with van der Waals surface area (Å²) in [4.78, 5) is 49.1. The molecule has 0 saturated heterocycles. The summed E-state index contributed by atoms with van der Waals surface area (Å²) in [5.74, 6) is -2.46. The Bertz CT molecular complexity index is 1250. The number of aryl methyl sites for hydroxylation is 3. The molecule has 0 radical (unpaired) electrons. The number of carbonyl (C=O) groups excluding carboxylic acids is 3. The Labute approximate surface area is 304 Å². The molecule has 0 spiro atoms. The first kappa shape index (κ1) is 52.5. The van der Waals surface area contributed by atoms with Gasteiger partial charge in [-0.3, -0.25) is 24.2 Å². The van der Waals surface area contributed by atoms with Crippen LogP contribution >= 0.6 is 12.2 Å². The molecule has 50 heavy (non-hydrogen) atoms. The quantitative estimate of drug-likeness (QED) is 0.0612. The number of carboxylic acid groups (broad SMARTS) is 1. The Morgan fingerprint density at radius 1 is 0.920 bits per heavy atom. The lowest BCUT2D eigenvalue weighted by Gasteiger charge is -2.18. The van der Waals surface area contributed by atoms with Crippen molar-refractivity contribution in [2.75, 3.05) is 39.8 Å². The fourth-order valence-corrected chi connectivity index (χ4v) is 3.48. The zero-order valence-electron chi connectivity index (χ0n) is 32.0. The molecule has 288 valence electrons. The van der Waals surface area contributed by atoms with Crippen LogP contribution in [-0.2, 0) is 33.3 Å². The number of hydrogen-bond donors (Lipinski definition) is 8. The molecular formula is C34H66N10O5S. The van der Waals surface area contributed by atoms with Gasteiger partial charge in [-0.15, -0.1) is 0 Å². The van der Waals surface area contributed by atoms with Crippen LogP contribution in [0.1, 0.15) is 71.6 Å². The van der Waals surface area contributed by atoms with Crippen molar-refractivity contribution < 1.29 is 24.3 Å². The van der Waals surface area contributed by atoms with Gasteiger partial charge in [0.05, 0.1) is 13.1 Å². The number of unbranched alkanes of at least 4 members (excludes halogenated alkanes) is 1. The molecule has 0 fully saturated rings. The van der Waals surface area contributed by atoms with Crippen molar-refractivity contribution in [3.63, 3.8) is 0 Å². The van der Waals surface area contributed by atoms with Gasteiger partial charge in [0.1, 0.15) is 12.6 Å². The van der Waals surface area contributed by atoms with E-state index in [-0.39, 0.29) is 25.0 Å². The minimum absolute atomic E-state index is 0.0757. The fourth-order valence-electron chi connectivity index (χ4n) is 3.28. The average Bonchev–Trinajstić information content (AvgIpc) is 3.32. The van der Waals surface area contributed by atoms with E-state index in [4.69, 9.17) is 34.5 Å². The summed E-state index contributed by atoms with van der Waals surface area (Å²) in [6, 6.07) is 9.40. The van der Waals surface area contributed by atoms with E-state index >= 15 is 0 Å². The van der Waals surface area contributed by atoms with Crippen molar-refractivity contribution in [2.24, 2.45) is 36.3 Å². The molecule has 0 aliphatic heterocycles. The number of aliphatic imine (C=N–C) groups is 1. The Hall–Kier alpha value is -4.28. The number of aromatic nitrogens is 2. The predicted molar refractivity (Wildman–Crippen MR) is 207 cm³/mol. The van der Waals surface area contributed by atoms with E-state index in [9.17, 15) is 19.2 Å². The van der Waals surface area contributed by atoms with Gasteiger partial charge in [-0.2, -0.15) is 0 Å². The Kier molecular flexibility index (Phi) is 37.8. The number of guanidine groups is 1. The molecule has 0 aliphatic carbocycles. The number of amides is 3. The van der Waals surface area contributed by atoms with Crippen molar-refractivity contribution >= 4 is 41.9 Å². The third-order valence-corrected chi connectivity index (χ3v) is 6.31. The number of nitrogens with one attached hydrogen (secondary N) is 4. The summed E-state index contributed by atoms with van der Waals surface area (Å²) in [6.07, 6.45) is 4.63. The van der Waals surface area contributed by atoms with Gasteiger partial charge in [0, 0.05) is 32.5 Å². The van der Waals surface area contributed by atoms with E-state index in [2.05, 4.69) is 45.3 Å². The highest BCUT2D eigenvalue weighted by molar-refractivity contribution is 7.71. The SMILES string of the molecule is CC.CC.CCCN=C(N)N.CNCC(=O)NCC(=O)NC(CCCCN)C(=O)NCC(=O)O.Cc1ccccc1.Cc1cn(C)c(=S)n1C. The fraction of sp³-hybridized carbons (Fsp3) is 0.588. The molecule has 2 rings (SSSR count). The van der Waals surface area contributed by atoms with E-state index in [1.807, 2.05) is 89.2 Å². The normalized spacial score (nSPS) is 9.66. The number of benzene rings is 1. The van der Waals surface area contributed by atoms with Gasteiger partial charge in [0.15, 0.2) is 10.7 Å². The third-order valence-electron chi connectivity index (χ3n) is 5.75. The molecule has 0 saturated carbocycles. The maximum atomic E-state index is 11.9. The third kappa shape index (κ3) is 32.3. The minimum Gasteiger partial charge on any atom is -0.480 e. The second-order valence-electron chi connectivity index (χ2n) is 10.0. The molecule has 1 heterocycles. The second-order valence-corrected chi connectivity index (χ2v) is 10.4. The molecule has 15 nitrogen and oxygen atoms in total. The van der Waals surface area contributed by atoms with Crippen LogP contribution < -0.4 is 38.5 Å². The summed E-state index contributed by atoms with van der Waals surface area (Å²) in [6.45, 7) is 14.6. The maximum Gasteiger partial charge on any atom is 0.322 e. The number of rotatable bonds is 14. The standard InChI is InChI=1S/C13H25N5O5.C7H8.C6H10N2S.C4H11N3.2C2H6/c1-15-6-10(19)16-7-11(20)18-9(4-2-3-5-14)13(23)17-8-12(21)22;1-7-5-3-2-4-6-7;1-5-4-7(2)6(9)8(5)3;1-2-3-7-4(5)6;2*1-2/h9,15H,2-8,14H2,1H3,(H,16,19)(H,17,23)(H,18,20)(H,21,22);2-6H,1H3;4H,1-3H3;2-3H2,1H3,(H4,5,6,7);2*1-2H3. The summed E-state index contributed by atoms with van der Waals surface area (Å²) in [5, 5.41) is 18.3. The van der Waals surface area contributed by atoms with E-state index in [1.165, 1.54) is 11.3 Å². The Morgan fingerprint density at radius 2 is 1.50 bits per heavy atom. The molecular weight excluding hydrogens is 661 g/mol. The van der Waals surface area contributed by atoms with Crippen LogP contribution in [0.15, 0.2) is 41.5 Å². The zero-order valence-corrected chi connectivity index (χ0v) is 32.8. The first-order chi connectivity index (χ1) is 23.7. The number of nitrogens with two attached hydrogens (primary N) is 3. The number of hydrogen-bond acceptors (Lipinski definition) is 8. The monoisotopic (exact) mass is 726 g/mol. The number of likely N-dealkylation sites (N-methyl/N-ethyl adjacent to an activating group) is 1. The summed E-state index contributed by atoms with van der Waals surface area (Å²) < 4.78 is 4.78. The molecule has 16 heteroatoms. The van der Waals surface area contributed by atoms with Crippen LogP contribution in [0.3, 0.4) is 0 Å². The van der Waals surface area contributed by atoms with Gasteiger partial charge in [0.25, 0.3) is 0 Å². The minimum atomic E-state index is -1.18. The first-order valence-electron chi connectivity index (χ1n) is 16.9. The van der Waals surface area contributed by atoms with Crippen molar-refractivity contribution in [1.29, 1.82) is 0 Å². The number of carboxylic acids is 1. The van der Waals surface area contributed by atoms with Crippen molar-refractivity contribution in [3.8, 4) is 0 Å². The van der Waals surface area contributed by atoms with Crippen molar-refractivity contribution in [3.05, 3.63) is 52.6 Å². The highest BCUT2D eigenvalue weighted by Crippen LogP contribution is 2.01. The molecule has 2 aromatic rings. The lowest BCUT2D eigenvalue weighted by Crippen LogP contribution is -2.50. The van der Waals surface area contributed by atoms with E-state index in [1.54, 1.807) is 7.05 Å². The van der Waals surface area contributed by atoms with E-state index in [0.717, 1.165) is 17.7 Å². The lowest BCUT2D eigenvalue weighted by atomic mass is 10.1. The van der Waals surface area contributed by atoms with Gasteiger partial charge in [0.2, 0.25) is 17.7 Å². The molecule has 1 unspecified atom stereocenters. The van der Waals surface area contributed by atoms with Gasteiger partial charge < -0.3 is 52.7 Å². The maximum absolute atomic E-state index is 11.9. The van der Waals surface area contributed by atoms with Crippen LogP contribution in [-0.4, -0.2) is 89.7 Å².